The lowest BCUT2D eigenvalue weighted by Crippen LogP contribution is -2.12. The molecule has 0 saturated heterocycles. The average Bonchev–Trinajstić information content (AvgIpc) is 2.48. The first-order valence-electron chi connectivity index (χ1n) is 4.03. The maximum Gasteiger partial charge on any atom is 0.226 e. The molecule has 0 aliphatic heterocycles. The summed E-state index contributed by atoms with van der Waals surface area (Å²) in [4.78, 5) is 11.2. The Bertz CT molecular complexity index is 285. The van der Waals surface area contributed by atoms with E-state index in [4.69, 9.17) is 0 Å². The SMILES string of the molecule is CSCCC(=O)Nc1cc(C)[nH]n1. The third kappa shape index (κ3) is 3.50. The molecule has 0 saturated carbocycles. The summed E-state index contributed by atoms with van der Waals surface area (Å²) in [6, 6.07) is 1.80. The maximum absolute atomic E-state index is 11.2. The summed E-state index contributed by atoms with van der Waals surface area (Å²) >= 11 is 1.66. The van der Waals surface area contributed by atoms with E-state index in [1.807, 2.05) is 13.2 Å². The fraction of sp³-hybridized carbons (Fsp3) is 0.500. The minimum atomic E-state index is 0.0147. The number of hydrogen-bond acceptors (Lipinski definition) is 3. The molecule has 13 heavy (non-hydrogen) atoms. The van der Waals surface area contributed by atoms with Crippen LogP contribution in [0.2, 0.25) is 0 Å². The lowest BCUT2D eigenvalue weighted by molar-refractivity contribution is -0.115. The number of aromatic amines is 1. The predicted molar refractivity (Wildman–Crippen MR) is 55.0 cm³/mol. The molecule has 72 valence electrons. The highest BCUT2D eigenvalue weighted by molar-refractivity contribution is 7.98. The van der Waals surface area contributed by atoms with Crippen molar-refractivity contribution in [3.63, 3.8) is 0 Å². The van der Waals surface area contributed by atoms with Gasteiger partial charge in [0.1, 0.15) is 0 Å². The Kier molecular flexibility index (Phi) is 3.82. The molecule has 0 atom stereocenters. The third-order valence-electron chi connectivity index (χ3n) is 1.51. The van der Waals surface area contributed by atoms with Crippen molar-refractivity contribution in [2.45, 2.75) is 13.3 Å². The number of H-pyrrole nitrogens is 1. The molecule has 0 aliphatic carbocycles. The smallest absolute Gasteiger partial charge is 0.226 e. The molecule has 1 amide bonds. The molecule has 1 heterocycles. The van der Waals surface area contributed by atoms with E-state index >= 15 is 0 Å². The number of rotatable bonds is 4. The van der Waals surface area contributed by atoms with Crippen LogP contribution in [-0.2, 0) is 4.79 Å². The number of hydrogen-bond donors (Lipinski definition) is 2. The van der Waals surface area contributed by atoms with Crippen molar-refractivity contribution in [2.75, 3.05) is 17.3 Å². The summed E-state index contributed by atoms with van der Waals surface area (Å²) < 4.78 is 0. The average molecular weight is 199 g/mol. The number of carbonyl (C=O) groups excluding carboxylic acids is 1. The molecule has 1 rings (SSSR count). The summed E-state index contributed by atoms with van der Waals surface area (Å²) in [5, 5.41) is 9.36. The molecule has 0 aromatic carbocycles. The van der Waals surface area contributed by atoms with Gasteiger partial charge in [0.25, 0.3) is 0 Å². The van der Waals surface area contributed by atoms with E-state index in [-0.39, 0.29) is 5.91 Å². The van der Waals surface area contributed by atoms with Crippen molar-refractivity contribution < 1.29 is 4.79 Å². The van der Waals surface area contributed by atoms with Crippen LogP contribution in [0.1, 0.15) is 12.1 Å². The van der Waals surface area contributed by atoms with Gasteiger partial charge < -0.3 is 5.32 Å². The molecule has 0 aliphatic rings. The minimum absolute atomic E-state index is 0.0147. The normalized spacial score (nSPS) is 10.0. The van der Waals surface area contributed by atoms with Crippen LogP contribution in [0.15, 0.2) is 6.07 Å². The van der Waals surface area contributed by atoms with E-state index in [0.29, 0.717) is 12.2 Å². The van der Waals surface area contributed by atoms with Gasteiger partial charge in [0.05, 0.1) is 0 Å². The van der Waals surface area contributed by atoms with Crippen molar-refractivity contribution in [3.05, 3.63) is 11.8 Å². The molecular formula is C8H13N3OS. The molecule has 1 aromatic heterocycles. The summed E-state index contributed by atoms with van der Waals surface area (Å²) in [5.41, 5.74) is 0.945. The highest BCUT2D eigenvalue weighted by Gasteiger charge is 2.03. The van der Waals surface area contributed by atoms with Crippen molar-refractivity contribution >= 4 is 23.5 Å². The van der Waals surface area contributed by atoms with Gasteiger partial charge in [-0.05, 0) is 13.2 Å². The highest BCUT2D eigenvalue weighted by Crippen LogP contribution is 2.05. The molecule has 0 spiro atoms. The molecule has 0 radical (unpaired) electrons. The van der Waals surface area contributed by atoms with Crippen molar-refractivity contribution in [1.29, 1.82) is 0 Å². The molecule has 0 unspecified atom stereocenters. The quantitative estimate of drug-likeness (QED) is 0.770. The first-order chi connectivity index (χ1) is 6.22. The second kappa shape index (κ2) is 4.91. The maximum atomic E-state index is 11.2. The number of anilines is 1. The van der Waals surface area contributed by atoms with Gasteiger partial charge in [-0.3, -0.25) is 9.89 Å². The van der Waals surface area contributed by atoms with Gasteiger partial charge in [-0.2, -0.15) is 16.9 Å². The van der Waals surface area contributed by atoms with E-state index in [0.717, 1.165) is 11.4 Å². The van der Waals surface area contributed by atoms with Crippen molar-refractivity contribution in [3.8, 4) is 0 Å². The van der Waals surface area contributed by atoms with Crippen LogP contribution in [0.3, 0.4) is 0 Å². The van der Waals surface area contributed by atoms with Crippen LogP contribution < -0.4 is 5.32 Å². The van der Waals surface area contributed by atoms with Gasteiger partial charge in [0.15, 0.2) is 5.82 Å². The zero-order valence-corrected chi connectivity index (χ0v) is 8.57. The van der Waals surface area contributed by atoms with E-state index in [1.54, 1.807) is 17.8 Å². The predicted octanol–water partition coefficient (Wildman–Crippen LogP) is 1.41. The Morgan fingerprint density at radius 3 is 3.08 bits per heavy atom. The fourth-order valence-electron chi connectivity index (χ4n) is 0.882. The lowest BCUT2D eigenvalue weighted by Gasteiger charge is -1.98. The second-order valence-corrected chi connectivity index (χ2v) is 3.71. The standard InChI is InChI=1S/C8H13N3OS/c1-6-5-7(11-10-6)9-8(12)3-4-13-2/h5H,3-4H2,1-2H3,(H2,9,10,11,12). The van der Waals surface area contributed by atoms with Crippen LogP contribution in [0.5, 0.6) is 0 Å². The summed E-state index contributed by atoms with van der Waals surface area (Å²) in [7, 11) is 0. The number of thioether (sulfide) groups is 1. The number of nitrogens with one attached hydrogen (secondary N) is 2. The van der Waals surface area contributed by atoms with Crippen LogP contribution in [0, 0.1) is 6.92 Å². The molecular weight excluding hydrogens is 186 g/mol. The van der Waals surface area contributed by atoms with Gasteiger partial charge in [-0.25, -0.2) is 0 Å². The number of carbonyl (C=O) groups is 1. The van der Waals surface area contributed by atoms with Gasteiger partial charge in [0.2, 0.25) is 5.91 Å². The van der Waals surface area contributed by atoms with Crippen LogP contribution in [-0.4, -0.2) is 28.1 Å². The lowest BCUT2D eigenvalue weighted by atomic mass is 10.4. The first kappa shape index (κ1) is 10.1. The third-order valence-corrected chi connectivity index (χ3v) is 2.12. The molecule has 1 aromatic rings. The fourth-order valence-corrected chi connectivity index (χ4v) is 1.27. The van der Waals surface area contributed by atoms with Crippen LogP contribution >= 0.6 is 11.8 Å². The second-order valence-electron chi connectivity index (χ2n) is 2.73. The largest absolute Gasteiger partial charge is 0.309 e. The Morgan fingerprint density at radius 1 is 1.77 bits per heavy atom. The van der Waals surface area contributed by atoms with Gasteiger partial charge >= 0.3 is 0 Å². The van der Waals surface area contributed by atoms with E-state index in [2.05, 4.69) is 15.5 Å². The van der Waals surface area contributed by atoms with E-state index in [9.17, 15) is 4.79 Å². The zero-order valence-electron chi connectivity index (χ0n) is 7.76. The Labute approximate surface area is 81.5 Å². The number of nitrogens with zero attached hydrogens (tertiary/aromatic N) is 1. The highest BCUT2D eigenvalue weighted by atomic mass is 32.2. The first-order valence-corrected chi connectivity index (χ1v) is 5.42. The van der Waals surface area contributed by atoms with E-state index in [1.165, 1.54) is 0 Å². The van der Waals surface area contributed by atoms with Crippen LogP contribution in [0.4, 0.5) is 5.82 Å². The van der Waals surface area contributed by atoms with Crippen molar-refractivity contribution in [2.24, 2.45) is 0 Å². The van der Waals surface area contributed by atoms with Gasteiger partial charge in [-0.1, -0.05) is 0 Å². The number of aryl methyl sites for hydroxylation is 1. The summed E-state index contributed by atoms with van der Waals surface area (Å²) in [5.74, 6) is 1.46. The molecule has 4 nitrogen and oxygen atoms in total. The molecule has 2 N–H and O–H groups in total. The van der Waals surface area contributed by atoms with Gasteiger partial charge in [0, 0.05) is 23.9 Å². The molecule has 0 bridgehead atoms. The summed E-state index contributed by atoms with van der Waals surface area (Å²) in [6.45, 7) is 1.89. The van der Waals surface area contributed by atoms with Gasteiger partial charge in [-0.15, -0.1) is 0 Å². The summed E-state index contributed by atoms with van der Waals surface area (Å²) in [6.07, 6.45) is 2.51. The number of amides is 1. The molecule has 0 fully saturated rings. The Hall–Kier alpha value is -0.970. The zero-order chi connectivity index (χ0) is 9.68. The monoisotopic (exact) mass is 199 g/mol. The molecule has 5 heteroatoms. The Morgan fingerprint density at radius 2 is 2.54 bits per heavy atom. The van der Waals surface area contributed by atoms with Crippen LogP contribution in [0.25, 0.3) is 0 Å². The minimum Gasteiger partial charge on any atom is -0.309 e. The Balaban J connectivity index is 2.36. The topological polar surface area (TPSA) is 57.8 Å². The van der Waals surface area contributed by atoms with Crippen molar-refractivity contribution in [1.82, 2.24) is 10.2 Å². The number of aromatic nitrogens is 2. The van der Waals surface area contributed by atoms with E-state index < -0.39 is 0 Å².